The molecule has 1 unspecified atom stereocenters. The molecular weight excluding hydrogens is 224 g/mol. The molecule has 0 radical (unpaired) electrons. The Hall–Kier alpha value is -0.640. The molecule has 1 aromatic rings. The molecule has 1 heterocycles. The predicted molar refractivity (Wildman–Crippen MR) is 66.4 cm³/mol. The summed E-state index contributed by atoms with van der Waals surface area (Å²) in [6, 6.07) is 1.92. The summed E-state index contributed by atoms with van der Waals surface area (Å²) in [5.41, 5.74) is 1.08. The molecule has 0 aliphatic rings. The number of aliphatic hydroxyl groups is 1. The molecule has 16 heavy (non-hydrogen) atoms. The van der Waals surface area contributed by atoms with E-state index < -0.39 is 0 Å². The van der Waals surface area contributed by atoms with Gasteiger partial charge in [-0.2, -0.15) is 0 Å². The van der Waals surface area contributed by atoms with Gasteiger partial charge in [-0.15, -0.1) is 0 Å². The summed E-state index contributed by atoms with van der Waals surface area (Å²) < 4.78 is 0. The number of rotatable bonds is 7. The number of nitrogens with zero attached hydrogens (tertiary/aromatic N) is 1. The smallest absolute Gasteiger partial charge is 0.0634 e. The summed E-state index contributed by atoms with van der Waals surface area (Å²) in [4.78, 5) is 3.94. The van der Waals surface area contributed by atoms with E-state index in [2.05, 4.69) is 17.2 Å². The van der Waals surface area contributed by atoms with Gasteiger partial charge in [0.2, 0.25) is 0 Å². The Kier molecular flexibility index (Phi) is 6.38. The van der Waals surface area contributed by atoms with Crippen LogP contribution in [-0.4, -0.2) is 23.2 Å². The van der Waals surface area contributed by atoms with Gasteiger partial charge in [0, 0.05) is 25.5 Å². The number of pyridine rings is 1. The minimum absolute atomic E-state index is 0.274. The van der Waals surface area contributed by atoms with Crippen LogP contribution >= 0.6 is 11.6 Å². The largest absolute Gasteiger partial charge is 0.396 e. The fourth-order valence-electron chi connectivity index (χ4n) is 1.44. The summed E-state index contributed by atoms with van der Waals surface area (Å²) in [5.74, 6) is 0.395. The Bertz CT molecular complexity index is 307. The molecule has 0 saturated heterocycles. The Balaban J connectivity index is 2.14. The Morgan fingerprint density at radius 1 is 1.56 bits per heavy atom. The van der Waals surface area contributed by atoms with Gasteiger partial charge < -0.3 is 10.4 Å². The number of nitrogens with one attached hydrogen (secondary N) is 1. The minimum Gasteiger partial charge on any atom is -0.396 e. The second-order valence-electron chi connectivity index (χ2n) is 4.07. The predicted octanol–water partition coefficient (Wildman–Crippen LogP) is 2.23. The lowest BCUT2D eigenvalue weighted by atomic mass is 10.1. The van der Waals surface area contributed by atoms with Crippen LogP contribution in [0.25, 0.3) is 0 Å². The standard InChI is InChI=1S/C12H19ClN2O/c1-10(9-16)3-2-5-14-7-11-4-6-15-8-12(11)13/h4,6,8,10,14,16H,2-3,5,7,9H2,1H3. The summed E-state index contributed by atoms with van der Waals surface area (Å²) in [6.45, 7) is 4.05. The number of aliphatic hydroxyl groups excluding tert-OH is 1. The van der Waals surface area contributed by atoms with Crippen molar-refractivity contribution >= 4 is 11.6 Å². The quantitative estimate of drug-likeness (QED) is 0.721. The third-order valence-corrected chi connectivity index (χ3v) is 2.87. The lowest BCUT2D eigenvalue weighted by Crippen LogP contribution is -2.16. The highest BCUT2D eigenvalue weighted by Crippen LogP contribution is 2.12. The molecule has 1 rings (SSSR count). The highest BCUT2D eigenvalue weighted by Gasteiger charge is 2.00. The maximum atomic E-state index is 8.86. The molecule has 2 N–H and O–H groups in total. The summed E-state index contributed by atoms with van der Waals surface area (Å²) in [6.07, 6.45) is 5.53. The lowest BCUT2D eigenvalue weighted by Gasteiger charge is -2.08. The van der Waals surface area contributed by atoms with Crippen molar-refractivity contribution < 1.29 is 5.11 Å². The monoisotopic (exact) mass is 242 g/mol. The Morgan fingerprint density at radius 2 is 2.38 bits per heavy atom. The molecule has 0 spiro atoms. The number of halogens is 1. The van der Waals surface area contributed by atoms with Gasteiger partial charge in [0.05, 0.1) is 5.02 Å². The van der Waals surface area contributed by atoms with Crippen molar-refractivity contribution in [3.8, 4) is 0 Å². The molecule has 0 bridgehead atoms. The van der Waals surface area contributed by atoms with Crippen molar-refractivity contribution in [1.82, 2.24) is 10.3 Å². The van der Waals surface area contributed by atoms with Crippen molar-refractivity contribution in [2.24, 2.45) is 5.92 Å². The van der Waals surface area contributed by atoms with Gasteiger partial charge >= 0.3 is 0 Å². The first-order valence-electron chi connectivity index (χ1n) is 5.64. The van der Waals surface area contributed by atoms with Gasteiger partial charge in [-0.25, -0.2) is 0 Å². The first-order valence-corrected chi connectivity index (χ1v) is 6.01. The minimum atomic E-state index is 0.274. The fourth-order valence-corrected chi connectivity index (χ4v) is 1.62. The van der Waals surface area contributed by atoms with E-state index in [1.54, 1.807) is 12.4 Å². The fraction of sp³-hybridized carbons (Fsp3) is 0.583. The third kappa shape index (κ3) is 4.92. The van der Waals surface area contributed by atoms with Crippen LogP contribution in [0, 0.1) is 5.92 Å². The van der Waals surface area contributed by atoms with E-state index in [0.29, 0.717) is 10.9 Å². The second kappa shape index (κ2) is 7.60. The highest BCUT2D eigenvalue weighted by molar-refractivity contribution is 6.31. The molecule has 0 aromatic carbocycles. The topological polar surface area (TPSA) is 45.1 Å². The van der Waals surface area contributed by atoms with Crippen LogP contribution < -0.4 is 5.32 Å². The van der Waals surface area contributed by atoms with Crippen molar-refractivity contribution in [2.75, 3.05) is 13.2 Å². The van der Waals surface area contributed by atoms with Crippen LogP contribution in [0.5, 0.6) is 0 Å². The Morgan fingerprint density at radius 3 is 3.06 bits per heavy atom. The van der Waals surface area contributed by atoms with Crippen LogP contribution in [-0.2, 0) is 6.54 Å². The van der Waals surface area contributed by atoms with Gasteiger partial charge in [0.1, 0.15) is 0 Å². The van der Waals surface area contributed by atoms with Gasteiger partial charge in [-0.1, -0.05) is 18.5 Å². The molecular formula is C12H19ClN2O. The zero-order valence-electron chi connectivity index (χ0n) is 9.62. The average molecular weight is 243 g/mol. The van der Waals surface area contributed by atoms with Gasteiger partial charge in [0.15, 0.2) is 0 Å². The van der Waals surface area contributed by atoms with E-state index in [4.69, 9.17) is 16.7 Å². The molecule has 4 heteroatoms. The van der Waals surface area contributed by atoms with Crippen LogP contribution in [0.15, 0.2) is 18.5 Å². The van der Waals surface area contributed by atoms with E-state index in [1.165, 1.54) is 0 Å². The Labute approximate surface area is 102 Å². The van der Waals surface area contributed by atoms with E-state index >= 15 is 0 Å². The van der Waals surface area contributed by atoms with Gasteiger partial charge in [0.25, 0.3) is 0 Å². The van der Waals surface area contributed by atoms with E-state index in [0.717, 1.165) is 31.5 Å². The van der Waals surface area contributed by atoms with E-state index in [1.807, 2.05) is 6.07 Å². The maximum Gasteiger partial charge on any atom is 0.0634 e. The van der Waals surface area contributed by atoms with Crippen LogP contribution in [0.1, 0.15) is 25.3 Å². The molecule has 1 aromatic heterocycles. The third-order valence-electron chi connectivity index (χ3n) is 2.53. The summed E-state index contributed by atoms with van der Waals surface area (Å²) in [7, 11) is 0. The molecule has 0 fully saturated rings. The van der Waals surface area contributed by atoms with Crippen LogP contribution in [0.4, 0.5) is 0 Å². The first-order chi connectivity index (χ1) is 7.74. The molecule has 1 atom stereocenters. The normalized spacial score (nSPS) is 12.7. The van der Waals surface area contributed by atoms with E-state index in [9.17, 15) is 0 Å². The molecule has 0 aliphatic heterocycles. The SMILES string of the molecule is CC(CO)CCCNCc1ccncc1Cl. The molecule has 0 saturated carbocycles. The number of hydrogen-bond donors (Lipinski definition) is 2. The summed E-state index contributed by atoms with van der Waals surface area (Å²) >= 11 is 5.97. The zero-order chi connectivity index (χ0) is 11.8. The lowest BCUT2D eigenvalue weighted by molar-refractivity contribution is 0.228. The zero-order valence-corrected chi connectivity index (χ0v) is 10.4. The van der Waals surface area contributed by atoms with Gasteiger partial charge in [-0.3, -0.25) is 4.98 Å². The van der Waals surface area contributed by atoms with E-state index in [-0.39, 0.29) is 6.61 Å². The first kappa shape index (κ1) is 13.4. The van der Waals surface area contributed by atoms with Crippen molar-refractivity contribution in [1.29, 1.82) is 0 Å². The average Bonchev–Trinajstić information content (AvgIpc) is 2.30. The number of aromatic nitrogens is 1. The highest BCUT2D eigenvalue weighted by atomic mass is 35.5. The second-order valence-corrected chi connectivity index (χ2v) is 4.48. The molecule has 3 nitrogen and oxygen atoms in total. The molecule has 0 amide bonds. The number of hydrogen-bond acceptors (Lipinski definition) is 3. The summed E-state index contributed by atoms with van der Waals surface area (Å²) in [5, 5.41) is 12.9. The van der Waals surface area contributed by atoms with Crippen molar-refractivity contribution in [2.45, 2.75) is 26.3 Å². The molecule has 90 valence electrons. The van der Waals surface area contributed by atoms with Crippen LogP contribution in [0.3, 0.4) is 0 Å². The van der Waals surface area contributed by atoms with Crippen LogP contribution in [0.2, 0.25) is 5.02 Å². The molecule has 0 aliphatic carbocycles. The maximum absolute atomic E-state index is 8.86. The van der Waals surface area contributed by atoms with Crippen molar-refractivity contribution in [3.63, 3.8) is 0 Å². The van der Waals surface area contributed by atoms with Gasteiger partial charge in [-0.05, 0) is 36.9 Å². The van der Waals surface area contributed by atoms with Crippen molar-refractivity contribution in [3.05, 3.63) is 29.0 Å².